The molecule has 0 spiro atoms. The van der Waals surface area contributed by atoms with Crippen molar-refractivity contribution in [3.8, 4) is 11.1 Å². The van der Waals surface area contributed by atoms with E-state index in [0.29, 0.717) is 28.2 Å². The van der Waals surface area contributed by atoms with E-state index in [9.17, 15) is 9.59 Å². The fraction of sp³-hybridized carbons (Fsp3) is 0.222. The van der Waals surface area contributed by atoms with Crippen LogP contribution in [0.2, 0.25) is 0 Å². The molecule has 3 N–H and O–H groups in total. The summed E-state index contributed by atoms with van der Waals surface area (Å²) in [4.78, 5) is 29.1. The van der Waals surface area contributed by atoms with E-state index >= 15 is 0 Å². The normalized spacial score (nSPS) is 10.2. The van der Waals surface area contributed by atoms with Crippen LogP contribution in [-0.4, -0.2) is 36.3 Å². The lowest BCUT2D eigenvalue weighted by Gasteiger charge is -2.17. The molecule has 8 heteroatoms. The van der Waals surface area contributed by atoms with Crippen molar-refractivity contribution in [2.45, 2.75) is 13.8 Å². The largest absolute Gasteiger partial charge is 0.465 e. The number of nitrogens with two attached hydrogens (primary N) is 1. The third-order valence-corrected chi connectivity index (χ3v) is 3.86. The predicted molar refractivity (Wildman–Crippen MR) is 102 cm³/mol. The zero-order valence-electron chi connectivity index (χ0n) is 14.9. The van der Waals surface area contributed by atoms with Crippen LogP contribution in [-0.2, 0) is 9.47 Å². The summed E-state index contributed by atoms with van der Waals surface area (Å²) in [6, 6.07) is 7.01. The third kappa shape index (κ3) is 3.80. The number of nitrogens with zero attached hydrogens (tertiary/aromatic N) is 1. The van der Waals surface area contributed by atoms with Gasteiger partial charge in [0.15, 0.2) is 5.11 Å². The molecule has 1 aromatic carbocycles. The molecule has 0 unspecified atom stereocenters. The van der Waals surface area contributed by atoms with Gasteiger partial charge in [-0.25, -0.2) is 9.59 Å². The number of carbonyl (C=O) groups is 2. The number of aryl methyl sites for hydroxylation is 2. The Morgan fingerprint density at radius 1 is 1.08 bits per heavy atom. The number of ether oxygens (including phenoxy) is 2. The van der Waals surface area contributed by atoms with Gasteiger partial charge in [-0.05, 0) is 43.8 Å². The Kier molecular flexibility index (Phi) is 5.89. The monoisotopic (exact) mass is 373 g/mol. The summed E-state index contributed by atoms with van der Waals surface area (Å²) in [7, 11) is 2.54. The fourth-order valence-electron chi connectivity index (χ4n) is 2.74. The lowest BCUT2D eigenvalue weighted by molar-refractivity contribution is 0.0599. The van der Waals surface area contributed by atoms with Gasteiger partial charge in [-0.1, -0.05) is 12.1 Å². The Hall–Kier alpha value is -3.00. The zero-order chi connectivity index (χ0) is 19.4. The minimum Gasteiger partial charge on any atom is -0.465 e. The second-order valence-electron chi connectivity index (χ2n) is 5.46. The van der Waals surface area contributed by atoms with Gasteiger partial charge >= 0.3 is 11.9 Å². The SMILES string of the molecule is COC(=O)c1c(C)nc(C)c(C(=O)OC)c1-c1cccc(NC(N)=S)c1. The van der Waals surface area contributed by atoms with E-state index in [1.54, 1.807) is 38.1 Å². The quantitative estimate of drug-likeness (QED) is 0.623. The van der Waals surface area contributed by atoms with Crippen LogP contribution in [0.1, 0.15) is 32.1 Å². The Morgan fingerprint density at radius 3 is 2.08 bits per heavy atom. The zero-order valence-corrected chi connectivity index (χ0v) is 15.7. The van der Waals surface area contributed by atoms with E-state index in [0.717, 1.165) is 0 Å². The van der Waals surface area contributed by atoms with Crippen molar-refractivity contribution in [1.82, 2.24) is 4.98 Å². The van der Waals surface area contributed by atoms with Gasteiger partial charge in [-0.3, -0.25) is 4.98 Å². The summed E-state index contributed by atoms with van der Waals surface area (Å²) in [5.41, 5.74) is 8.43. The lowest BCUT2D eigenvalue weighted by Crippen LogP contribution is -2.19. The number of benzene rings is 1. The molecule has 2 aromatic rings. The second-order valence-corrected chi connectivity index (χ2v) is 5.90. The minimum atomic E-state index is -0.595. The Bertz CT molecular complexity index is 856. The molecule has 7 nitrogen and oxygen atoms in total. The number of nitrogens with one attached hydrogen (secondary N) is 1. The third-order valence-electron chi connectivity index (χ3n) is 3.76. The molecule has 1 aromatic heterocycles. The van der Waals surface area contributed by atoms with Crippen LogP contribution in [0.25, 0.3) is 11.1 Å². The average molecular weight is 373 g/mol. The first-order valence-electron chi connectivity index (χ1n) is 7.64. The van der Waals surface area contributed by atoms with E-state index in [1.807, 2.05) is 0 Å². The number of hydrogen-bond acceptors (Lipinski definition) is 6. The molecule has 26 heavy (non-hydrogen) atoms. The van der Waals surface area contributed by atoms with Gasteiger partial charge in [0, 0.05) is 11.3 Å². The standard InChI is InChI=1S/C18H19N3O4S/c1-9-13(16(22)24-3)15(14(10(2)20-9)17(23)25-4)11-6-5-7-12(8-11)21-18(19)26/h5-8H,1-4H3,(H3,19,21,26). The highest BCUT2D eigenvalue weighted by molar-refractivity contribution is 7.80. The van der Waals surface area contributed by atoms with E-state index in [-0.39, 0.29) is 16.2 Å². The summed E-state index contributed by atoms with van der Waals surface area (Å²) in [6.45, 7) is 3.36. The maximum absolute atomic E-state index is 12.4. The number of esters is 2. The highest BCUT2D eigenvalue weighted by Crippen LogP contribution is 2.33. The van der Waals surface area contributed by atoms with Crippen molar-refractivity contribution in [2.24, 2.45) is 5.73 Å². The number of rotatable bonds is 4. The highest BCUT2D eigenvalue weighted by Gasteiger charge is 2.27. The first-order chi connectivity index (χ1) is 12.3. The van der Waals surface area contributed by atoms with Crippen molar-refractivity contribution in [2.75, 3.05) is 19.5 Å². The molecular formula is C18H19N3O4S. The Morgan fingerprint density at radius 2 is 1.62 bits per heavy atom. The molecule has 0 atom stereocenters. The van der Waals surface area contributed by atoms with Gasteiger partial charge < -0.3 is 20.5 Å². The van der Waals surface area contributed by atoms with Crippen LogP contribution in [0.15, 0.2) is 24.3 Å². The van der Waals surface area contributed by atoms with Crippen LogP contribution in [0, 0.1) is 13.8 Å². The molecule has 0 bridgehead atoms. The molecule has 136 valence electrons. The summed E-state index contributed by atoms with van der Waals surface area (Å²) in [5.74, 6) is -1.19. The number of pyridine rings is 1. The van der Waals surface area contributed by atoms with E-state index < -0.39 is 11.9 Å². The first-order valence-corrected chi connectivity index (χ1v) is 8.05. The number of hydrogen-bond donors (Lipinski definition) is 2. The van der Waals surface area contributed by atoms with Crippen molar-refractivity contribution in [1.29, 1.82) is 0 Å². The molecule has 0 saturated carbocycles. The lowest BCUT2D eigenvalue weighted by atomic mass is 9.92. The van der Waals surface area contributed by atoms with E-state index in [1.165, 1.54) is 14.2 Å². The molecule has 0 aliphatic carbocycles. The Balaban J connectivity index is 2.85. The van der Waals surface area contributed by atoms with Crippen molar-refractivity contribution >= 4 is 35.0 Å². The molecule has 0 fully saturated rings. The van der Waals surface area contributed by atoms with E-state index in [4.69, 9.17) is 27.4 Å². The van der Waals surface area contributed by atoms with Crippen LogP contribution in [0.4, 0.5) is 5.69 Å². The topological polar surface area (TPSA) is 104 Å². The molecule has 2 rings (SSSR count). The summed E-state index contributed by atoms with van der Waals surface area (Å²) in [5, 5.41) is 2.93. The molecule has 0 aliphatic heterocycles. The molecule has 0 aliphatic rings. The Labute approximate surface area is 156 Å². The van der Waals surface area contributed by atoms with Crippen molar-refractivity contribution in [3.63, 3.8) is 0 Å². The maximum atomic E-state index is 12.4. The van der Waals surface area contributed by atoms with Crippen LogP contribution in [0.3, 0.4) is 0 Å². The minimum absolute atomic E-state index is 0.102. The highest BCUT2D eigenvalue weighted by atomic mass is 32.1. The average Bonchev–Trinajstić information content (AvgIpc) is 2.59. The van der Waals surface area contributed by atoms with Gasteiger partial charge in [0.2, 0.25) is 0 Å². The number of aromatic nitrogens is 1. The van der Waals surface area contributed by atoms with Gasteiger partial charge in [0.25, 0.3) is 0 Å². The number of methoxy groups -OCH3 is 2. The molecule has 0 amide bonds. The molecule has 1 heterocycles. The number of thiocarbonyl (C=S) groups is 1. The molecule has 0 saturated heterocycles. The number of carbonyl (C=O) groups excluding carboxylic acids is 2. The van der Waals surface area contributed by atoms with Crippen molar-refractivity contribution in [3.05, 3.63) is 46.8 Å². The number of anilines is 1. The van der Waals surface area contributed by atoms with Crippen LogP contribution in [0.5, 0.6) is 0 Å². The van der Waals surface area contributed by atoms with Crippen molar-refractivity contribution < 1.29 is 19.1 Å². The first kappa shape index (κ1) is 19.3. The fourth-order valence-corrected chi connectivity index (χ4v) is 2.86. The second kappa shape index (κ2) is 7.92. The summed E-state index contributed by atoms with van der Waals surface area (Å²) < 4.78 is 9.79. The maximum Gasteiger partial charge on any atom is 0.340 e. The van der Waals surface area contributed by atoms with Gasteiger partial charge in [-0.2, -0.15) is 0 Å². The van der Waals surface area contributed by atoms with Crippen LogP contribution >= 0.6 is 12.2 Å². The van der Waals surface area contributed by atoms with Crippen LogP contribution < -0.4 is 11.1 Å². The summed E-state index contributed by atoms with van der Waals surface area (Å²) in [6.07, 6.45) is 0. The predicted octanol–water partition coefficient (Wildman–Crippen LogP) is 2.59. The van der Waals surface area contributed by atoms with E-state index in [2.05, 4.69) is 10.3 Å². The smallest absolute Gasteiger partial charge is 0.340 e. The molecule has 0 radical (unpaired) electrons. The molecular weight excluding hydrogens is 354 g/mol. The van der Waals surface area contributed by atoms with Gasteiger partial charge in [-0.15, -0.1) is 0 Å². The van der Waals surface area contributed by atoms with Gasteiger partial charge in [0.1, 0.15) is 0 Å². The van der Waals surface area contributed by atoms with Gasteiger partial charge in [0.05, 0.1) is 36.7 Å². The summed E-state index contributed by atoms with van der Waals surface area (Å²) >= 11 is 4.86.